The van der Waals surface area contributed by atoms with Gasteiger partial charge in [0.05, 0.1) is 13.0 Å². The number of ether oxygens (including phenoxy) is 1. The fourth-order valence-electron chi connectivity index (χ4n) is 1.59. The van der Waals surface area contributed by atoms with Gasteiger partial charge in [0, 0.05) is 12.1 Å². The van der Waals surface area contributed by atoms with Crippen molar-refractivity contribution in [3.8, 4) is 6.07 Å². The predicted molar refractivity (Wildman–Crippen MR) is 62.1 cm³/mol. The minimum absolute atomic E-state index is 0.0638. The highest BCUT2D eigenvalue weighted by atomic mass is 19.3. The van der Waals surface area contributed by atoms with Gasteiger partial charge in [-0.2, -0.15) is 5.26 Å². The van der Waals surface area contributed by atoms with Crippen LogP contribution in [-0.2, 0) is 22.5 Å². The van der Waals surface area contributed by atoms with Crippen LogP contribution in [0.2, 0.25) is 0 Å². The molecule has 0 fully saturated rings. The Balaban J connectivity index is 3.22. The van der Waals surface area contributed by atoms with Crippen molar-refractivity contribution >= 4 is 5.97 Å². The molecule has 1 aromatic heterocycles. The van der Waals surface area contributed by atoms with Crippen molar-refractivity contribution in [2.45, 2.75) is 26.3 Å². The molecule has 0 saturated heterocycles. The van der Waals surface area contributed by atoms with Crippen molar-refractivity contribution in [1.82, 2.24) is 4.98 Å². The molecule has 7 heteroatoms. The second-order valence-corrected chi connectivity index (χ2v) is 3.63. The molecule has 0 unspecified atom stereocenters. The maximum atomic E-state index is 12.6. The molecule has 0 radical (unpaired) electrons. The Morgan fingerprint density at radius 3 is 2.79 bits per heavy atom. The number of rotatable bonds is 5. The Morgan fingerprint density at radius 1 is 1.63 bits per heavy atom. The minimum Gasteiger partial charge on any atom is -0.466 e. The quantitative estimate of drug-likeness (QED) is 0.817. The summed E-state index contributed by atoms with van der Waals surface area (Å²) in [6.07, 6.45) is -3.01. The summed E-state index contributed by atoms with van der Waals surface area (Å²) in [4.78, 5) is 15.0. The zero-order valence-electron chi connectivity index (χ0n) is 10.3. The van der Waals surface area contributed by atoms with Gasteiger partial charge < -0.3 is 10.5 Å². The third-order valence-electron chi connectivity index (χ3n) is 2.41. The lowest BCUT2D eigenvalue weighted by molar-refractivity contribution is -0.142. The van der Waals surface area contributed by atoms with Crippen LogP contribution in [0.5, 0.6) is 0 Å². The molecule has 102 valence electrons. The number of carbonyl (C=O) groups is 1. The summed E-state index contributed by atoms with van der Waals surface area (Å²) in [5.41, 5.74) is 5.26. The summed E-state index contributed by atoms with van der Waals surface area (Å²) in [6.45, 7) is 1.78. The molecule has 19 heavy (non-hydrogen) atoms. The van der Waals surface area contributed by atoms with Crippen LogP contribution in [0, 0.1) is 11.3 Å². The summed E-state index contributed by atoms with van der Waals surface area (Å²) < 4.78 is 30.0. The first-order chi connectivity index (χ1) is 9.03. The van der Waals surface area contributed by atoms with Crippen molar-refractivity contribution < 1.29 is 18.3 Å². The van der Waals surface area contributed by atoms with E-state index in [4.69, 9.17) is 15.7 Å². The van der Waals surface area contributed by atoms with E-state index in [1.165, 1.54) is 0 Å². The van der Waals surface area contributed by atoms with Gasteiger partial charge in [-0.05, 0) is 18.6 Å². The summed E-state index contributed by atoms with van der Waals surface area (Å²) in [7, 11) is 0. The molecule has 0 aliphatic rings. The van der Waals surface area contributed by atoms with E-state index >= 15 is 0 Å². The van der Waals surface area contributed by atoms with Gasteiger partial charge >= 0.3 is 5.97 Å². The first-order valence-corrected chi connectivity index (χ1v) is 5.60. The number of aromatic nitrogens is 1. The number of alkyl halides is 2. The van der Waals surface area contributed by atoms with Crippen molar-refractivity contribution in [2.24, 2.45) is 5.73 Å². The highest BCUT2D eigenvalue weighted by Gasteiger charge is 2.19. The molecule has 2 N–H and O–H groups in total. The fraction of sp³-hybridized carbons (Fsp3) is 0.417. The number of carbonyl (C=O) groups excluding carboxylic acids is 1. The Hall–Kier alpha value is -2.07. The Labute approximate surface area is 109 Å². The molecule has 0 atom stereocenters. The highest BCUT2D eigenvalue weighted by Crippen LogP contribution is 2.22. The topological polar surface area (TPSA) is 89.0 Å². The van der Waals surface area contributed by atoms with Crippen LogP contribution in [-0.4, -0.2) is 17.6 Å². The average molecular weight is 269 g/mol. The van der Waals surface area contributed by atoms with E-state index < -0.39 is 18.1 Å². The lowest BCUT2D eigenvalue weighted by Crippen LogP contribution is -2.14. The highest BCUT2D eigenvalue weighted by molar-refractivity contribution is 5.74. The Morgan fingerprint density at radius 2 is 2.32 bits per heavy atom. The number of nitrogens with two attached hydrogens (primary N) is 1. The van der Waals surface area contributed by atoms with Crippen LogP contribution in [0.15, 0.2) is 6.07 Å². The summed E-state index contributed by atoms with van der Waals surface area (Å²) in [5.74, 6) is -0.555. The van der Waals surface area contributed by atoms with Crippen LogP contribution in [0.4, 0.5) is 8.78 Å². The van der Waals surface area contributed by atoms with Gasteiger partial charge in [0.1, 0.15) is 17.5 Å². The third kappa shape index (κ3) is 3.69. The molecule has 0 bridgehead atoms. The number of pyridine rings is 1. The molecule has 5 nitrogen and oxygen atoms in total. The molecular weight excluding hydrogens is 256 g/mol. The van der Waals surface area contributed by atoms with E-state index in [0.29, 0.717) is 5.56 Å². The smallest absolute Gasteiger partial charge is 0.310 e. The summed E-state index contributed by atoms with van der Waals surface area (Å²) in [5, 5.41) is 8.94. The Kier molecular flexibility index (Phi) is 5.33. The normalized spacial score (nSPS) is 10.3. The van der Waals surface area contributed by atoms with Gasteiger partial charge in [-0.15, -0.1) is 0 Å². The largest absolute Gasteiger partial charge is 0.466 e. The molecule has 1 aromatic rings. The number of nitrogens with zero attached hydrogens (tertiary/aromatic N) is 2. The van der Waals surface area contributed by atoms with Crippen LogP contribution < -0.4 is 5.73 Å². The number of nitriles is 1. The predicted octanol–water partition coefficient (Wildman–Crippen LogP) is 1.46. The number of halogens is 2. The van der Waals surface area contributed by atoms with E-state index in [9.17, 15) is 13.6 Å². The van der Waals surface area contributed by atoms with Crippen molar-refractivity contribution in [3.63, 3.8) is 0 Å². The molecule has 0 saturated carbocycles. The van der Waals surface area contributed by atoms with E-state index in [-0.39, 0.29) is 30.8 Å². The maximum absolute atomic E-state index is 12.6. The van der Waals surface area contributed by atoms with Gasteiger partial charge in [0.15, 0.2) is 0 Å². The van der Waals surface area contributed by atoms with Gasteiger partial charge in [0.2, 0.25) is 0 Å². The number of hydrogen-bond acceptors (Lipinski definition) is 5. The molecule has 1 rings (SSSR count). The molecule has 0 aliphatic carbocycles. The lowest BCUT2D eigenvalue weighted by atomic mass is 10.0. The third-order valence-corrected chi connectivity index (χ3v) is 2.41. The maximum Gasteiger partial charge on any atom is 0.310 e. The molecular formula is C12H13F2N3O2. The lowest BCUT2D eigenvalue weighted by Gasteiger charge is -2.11. The van der Waals surface area contributed by atoms with Crippen molar-refractivity contribution in [2.75, 3.05) is 6.61 Å². The average Bonchev–Trinajstić information content (AvgIpc) is 2.38. The van der Waals surface area contributed by atoms with Crippen LogP contribution in [0.25, 0.3) is 0 Å². The van der Waals surface area contributed by atoms with Crippen LogP contribution in [0.3, 0.4) is 0 Å². The van der Waals surface area contributed by atoms with Gasteiger partial charge in [-0.1, -0.05) is 0 Å². The number of esters is 1. The standard InChI is InChI=1S/C12H13F2N3O2/c1-2-19-11(18)4-8-7(5-15)3-9(12(13)14)17-10(8)6-16/h3,12H,2,4-5,15H2,1H3. The molecule has 0 aliphatic heterocycles. The van der Waals surface area contributed by atoms with Gasteiger partial charge in [-0.25, -0.2) is 13.8 Å². The van der Waals surface area contributed by atoms with Gasteiger partial charge in [0.25, 0.3) is 6.43 Å². The second kappa shape index (κ2) is 6.75. The first-order valence-electron chi connectivity index (χ1n) is 5.60. The van der Waals surface area contributed by atoms with Crippen molar-refractivity contribution in [1.29, 1.82) is 5.26 Å². The zero-order chi connectivity index (χ0) is 14.4. The van der Waals surface area contributed by atoms with Crippen LogP contribution >= 0.6 is 0 Å². The fourth-order valence-corrected chi connectivity index (χ4v) is 1.59. The molecule has 0 aromatic carbocycles. The Bertz CT molecular complexity index is 512. The van der Waals surface area contributed by atoms with Gasteiger partial charge in [-0.3, -0.25) is 4.79 Å². The van der Waals surface area contributed by atoms with E-state index in [2.05, 4.69) is 4.98 Å². The molecule has 1 heterocycles. The van der Waals surface area contributed by atoms with Crippen molar-refractivity contribution in [3.05, 3.63) is 28.6 Å². The molecule has 0 spiro atoms. The summed E-state index contributed by atoms with van der Waals surface area (Å²) in [6, 6.07) is 2.82. The monoisotopic (exact) mass is 269 g/mol. The SMILES string of the molecule is CCOC(=O)Cc1c(CN)cc(C(F)F)nc1C#N. The zero-order valence-corrected chi connectivity index (χ0v) is 10.3. The number of hydrogen-bond donors (Lipinski definition) is 1. The second-order valence-electron chi connectivity index (χ2n) is 3.63. The van der Waals surface area contributed by atoms with E-state index in [1.807, 2.05) is 0 Å². The van der Waals surface area contributed by atoms with E-state index in [0.717, 1.165) is 6.07 Å². The minimum atomic E-state index is -2.80. The van der Waals surface area contributed by atoms with E-state index in [1.54, 1.807) is 13.0 Å². The summed E-state index contributed by atoms with van der Waals surface area (Å²) >= 11 is 0. The first kappa shape index (κ1) is 15.0. The van der Waals surface area contributed by atoms with Crippen LogP contribution in [0.1, 0.15) is 35.9 Å². The molecule has 0 amide bonds.